The van der Waals surface area contributed by atoms with Crippen LogP contribution in [0.5, 0.6) is 0 Å². The van der Waals surface area contributed by atoms with Gasteiger partial charge in [-0.25, -0.2) is 9.37 Å². The maximum Gasteiger partial charge on any atom is 0.123 e. The van der Waals surface area contributed by atoms with Crippen molar-refractivity contribution in [2.45, 2.75) is 49.8 Å². The monoisotopic (exact) mass is 368 g/mol. The Kier molecular flexibility index (Phi) is 5.82. The van der Waals surface area contributed by atoms with Crippen LogP contribution in [-0.2, 0) is 13.0 Å². The summed E-state index contributed by atoms with van der Waals surface area (Å²) in [7, 11) is 0. The molecule has 1 unspecified atom stereocenters. The molecule has 0 saturated heterocycles. The number of halogens is 1. The quantitative estimate of drug-likeness (QED) is 0.489. The molecule has 0 amide bonds. The Bertz CT molecular complexity index is 843. The highest BCUT2D eigenvalue weighted by molar-refractivity contribution is 8.00. The summed E-state index contributed by atoms with van der Waals surface area (Å²) in [5.41, 5.74) is 3.77. The van der Waals surface area contributed by atoms with Crippen molar-refractivity contribution in [1.82, 2.24) is 9.55 Å². The average molecular weight is 369 g/mol. The Labute approximate surface area is 159 Å². The minimum absolute atomic E-state index is 0.00903. The van der Waals surface area contributed by atoms with Gasteiger partial charge in [-0.3, -0.25) is 0 Å². The van der Waals surface area contributed by atoms with Gasteiger partial charge >= 0.3 is 0 Å². The fourth-order valence-electron chi connectivity index (χ4n) is 3.17. The van der Waals surface area contributed by atoms with Gasteiger partial charge in [-0.2, -0.15) is 0 Å². The summed E-state index contributed by atoms with van der Waals surface area (Å²) in [5.74, 6) is -0.181. The number of nitrogens with zero attached hydrogens (tertiary/aromatic N) is 2. The molecule has 0 N–H and O–H groups in total. The number of hydrogen-bond donors (Lipinski definition) is 0. The molecule has 3 aromatic rings. The van der Waals surface area contributed by atoms with Crippen LogP contribution in [0, 0.1) is 19.7 Å². The van der Waals surface area contributed by atoms with Crippen LogP contribution in [0.15, 0.2) is 66.1 Å². The number of imidazole rings is 1. The molecule has 26 heavy (non-hydrogen) atoms. The zero-order valence-electron chi connectivity index (χ0n) is 15.6. The largest absolute Gasteiger partial charge is 0.336 e. The van der Waals surface area contributed by atoms with Crippen molar-refractivity contribution in [3.05, 3.63) is 83.7 Å². The third-order valence-electron chi connectivity index (χ3n) is 4.62. The summed E-state index contributed by atoms with van der Waals surface area (Å²) in [6.45, 7) is 7.49. The first-order valence-electron chi connectivity index (χ1n) is 8.90. The molecule has 1 atom stereocenters. The number of thioether (sulfide) groups is 1. The lowest BCUT2D eigenvalue weighted by atomic mass is 10.00. The molecule has 0 fully saturated rings. The van der Waals surface area contributed by atoms with Crippen molar-refractivity contribution >= 4 is 11.8 Å². The van der Waals surface area contributed by atoms with Gasteiger partial charge in [-0.1, -0.05) is 29.8 Å². The van der Waals surface area contributed by atoms with E-state index < -0.39 is 0 Å². The van der Waals surface area contributed by atoms with Gasteiger partial charge < -0.3 is 4.57 Å². The van der Waals surface area contributed by atoms with Crippen LogP contribution in [0.25, 0.3) is 0 Å². The van der Waals surface area contributed by atoms with E-state index in [0.29, 0.717) is 0 Å². The predicted octanol–water partition coefficient (Wildman–Crippen LogP) is 5.82. The molecule has 0 aliphatic rings. The van der Waals surface area contributed by atoms with Gasteiger partial charge in [0.2, 0.25) is 0 Å². The number of benzene rings is 2. The highest BCUT2D eigenvalue weighted by Crippen LogP contribution is 2.39. The second kappa shape index (κ2) is 8.09. The van der Waals surface area contributed by atoms with E-state index in [9.17, 15) is 4.39 Å². The van der Waals surface area contributed by atoms with Crippen molar-refractivity contribution in [3.8, 4) is 0 Å². The highest BCUT2D eigenvalue weighted by Gasteiger charge is 2.27. The summed E-state index contributed by atoms with van der Waals surface area (Å²) >= 11 is 1.92. The molecule has 0 radical (unpaired) electrons. The molecule has 0 spiro atoms. The van der Waals surface area contributed by atoms with E-state index in [1.54, 1.807) is 12.1 Å². The van der Waals surface area contributed by atoms with Crippen LogP contribution in [-0.4, -0.2) is 14.3 Å². The number of hydrogen-bond acceptors (Lipinski definition) is 2. The van der Waals surface area contributed by atoms with Gasteiger partial charge in [0.25, 0.3) is 0 Å². The van der Waals surface area contributed by atoms with Crippen LogP contribution in [0.2, 0.25) is 0 Å². The van der Waals surface area contributed by atoms with Crippen molar-refractivity contribution < 1.29 is 4.39 Å². The molecule has 2 nitrogen and oxygen atoms in total. The summed E-state index contributed by atoms with van der Waals surface area (Å²) in [6.07, 6.45) is 7.62. The maximum atomic E-state index is 13.2. The van der Waals surface area contributed by atoms with E-state index in [1.165, 1.54) is 21.6 Å². The molecule has 0 aliphatic carbocycles. The van der Waals surface area contributed by atoms with Crippen LogP contribution in [0.1, 0.15) is 30.0 Å². The maximum absolute atomic E-state index is 13.2. The number of aryl methyl sites for hydroxylation is 3. The minimum Gasteiger partial charge on any atom is -0.336 e. The third kappa shape index (κ3) is 4.98. The van der Waals surface area contributed by atoms with Crippen LogP contribution < -0.4 is 0 Å². The van der Waals surface area contributed by atoms with E-state index >= 15 is 0 Å². The van der Waals surface area contributed by atoms with Crippen molar-refractivity contribution in [2.75, 3.05) is 0 Å². The SMILES string of the molecule is Cc1ccc(SC(C)(CCc2ccc(F)cc2)Cn2ccnc2)c(C)c1. The lowest BCUT2D eigenvalue weighted by Crippen LogP contribution is -2.27. The summed E-state index contributed by atoms with van der Waals surface area (Å²) in [6, 6.07) is 13.5. The Morgan fingerprint density at radius 1 is 1.12 bits per heavy atom. The second-order valence-electron chi connectivity index (χ2n) is 7.18. The molecular weight excluding hydrogens is 343 g/mol. The number of aromatic nitrogens is 2. The summed E-state index contributed by atoms with van der Waals surface area (Å²) in [4.78, 5) is 5.50. The first kappa shape index (κ1) is 18.7. The fraction of sp³-hybridized carbons (Fsp3) is 0.318. The van der Waals surface area contributed by atoms with E-state index in [-0.39, 0.29) is 10.6 Å². The number of rotatable bonds is 7. The van der Waals surface area contributed by atoms with Gasteiger partial charge in [-0.05, 0) is 62.9 Å². The minimum atomic E-state index is -0.181. The molecule has 1 heterocycles. The summed E-state index contributed by atoms with van der Waals surface area (Å²) < 4.78 is 15.3. The molecule has 0 bridgehead atoms. The van der Waals surface area contributed by atoms with Crippen LogP contribution >= 0.6 is 11.8 Å². The zero-order chi connectivity index (χ0) is 18.6. The standard InChI is InChI=1S/C22H25FN2S/c1-17-4-9-21(18(2)14-17)26-22(3,15-25-13-12-24-16-25)11-10-19-5-7-20(23)8-6-19/h4-9,12-14,16H,10-11,15H2,1-3H3. The molecule has 4 heteroatoms. The van der Waals surface area contributed by atoms with Gasteiger partial charge in [0.15, 0.2) is 0 Å². The van der Waals surface area contributed by atoms with E-state index in [4.69, 9.17) is 0 Å². The van der Waals surface area contributed by atoms with Crippen molar-refractivity contribution in [1.29, 1.82) is 0 Å². The van der Waals surface area contributed by atoms with Crippen molar-refractivity contribution in [2.24, 2.45) is 0 Å². The Morgan fingerprint density at radius 3 is 2.54 bits per heavy atom. The van der Waals surface area contributed by atoms with Gasteiger partial charge in [0.1, 0.15) is 5.82 Å². The molecule has 0 saturated carbocycles. The molecule has 3 rings (SSSR count). The van der Waals surface area contributed by atoms with Crippen LogP contribution in [0.4, 0.5) is 4.39 Å². The molecule has 2 aromatic carbocycles. The predicted molar refractivity (Wildman–Crippen MR) is 107 cm³/mol. The van der Waals surface area contributed by atoms with E-state index in [0.717, 1.165) is 19.4 Å². The van der Waals surface area contributed by atoms with Crippen LogP contribution in [0.3, 0.4) is 0 Å². The summed E-state index contributed by atoms with van der Waals surface area (Å²) in [5, 5.41) is 0. The van der Waals surface area contributed by atoms with E-state index in [1.807, 2.05) is 42.6 Å². The van der Waals surface area contributed by atoms with Crippen molar-refractivity contribution in [3.63, 3.8) is 0 Å². The first-order chi connectivity index (χ1) is 12.4. The Hall–Kier alpha value is -2.07. The second-order valence-corrected chi connectivity index (χ2v) is 8.81. The third-order valence-corrected chi connectivity index (χ3v) is 6.12. The zero-order valence-corrected chi connectivity index (χ0v) is 16.4. The topological polar surface area (TPSA) is 17.8 Å². The smallest absolute Gasteiger partial charge is 0.123 e. The Morgan fingerprint density at radius 2 is 1.88 bits per heavy atom. The van der Waals surface area contributed by atoms with E-state index in [2.05, 4.69) is 48.5 Å². The normalized spacial score (nSPS) is 13.5. The molecular formula is C22H25FN2S. The van der Waals surface area contributed by atoms with Gasteiger partial charge in [0, 0.05) is 28.6 Å². The molecule has 1 aromatic heterocycles. The first-order valence-corrected chi connectivity index (χ1v) is 9.72. The molecule has 0 aliphatic heterocycles. The van der Waals surface area contributed by atoms with Gasteiger partial charge in [-0.15, -0.1) is 11.8 Å². The average Bonchev–Trinajstić information content (AvgIpc) is 3.10. The lowest BCUT2D eigenvalue weighted by molar-refractivity contribution is 0.495. The molecule has 136 valence electrons. The van der Waals surface area contributed by atoms with Gasteiger partial charge in [0.05, 0.1) is 6.33 Å². The fourth-order valence-corrected chi connectivity index (χ4v) is 4.47. The Balaban J connectivity index is 1.79. The lowest BCUT2D eigenvalue weighted by Gasteiger charge is -2.30. The highest BCUT2D eigenvalue weighted by atomic mass is 32.2.